The molecule has 5 nitrogen and oxygen atoms in total. The number of ketones is 1. The summed E-state index contributed by atoms with van der Waals surface area (Å²) in [5.41, 5.74) is 0.672. The van der Waals surface area contributed by atoms with E-state index < -0.39 is 0 Å². The molecule has 0 aliphatic heterocycles. The van der Waals surface area contributed by atoms with Crippen molar-refractivity contribution in [1.29, 1.82) is 0 Å². The van der Waals surface area contributed by atoms with Gasteiger partial charge in [0.15, 0.2) is 11.5 Å². The lowest BCUT2D eigenvalue weighted by Gasteiger charge is -2.14. The molecule has 0 N–H and O–H groups in total. The number of carbonyl (C=O) groups excluding carboxylic acids is 1. The van der Waals surface area contributed by atoms with Crippen LogP contribution in [0.5, 0.6) is 11.5 Å². The van der Waals surface area contributed by atoms with E-state index in [1.807, 2.05) is 0 Å². The number of nitrogens with zero attached hydrogens (tertiary/aromatic N) is 2. The highest BCUT2D eigenvalue weighted by Gasteiger charge is 2.24. The van der Waals surface area contributed by atoms with Gasteiger partial charge in [-0.25, -0.2) is 0 Å². The summed E-state index contributed by atoms with van der Waals surface area (Å²) in [5.74, 6) is 0.194. The van der Waals surface area contributed by atoms with E-state index in [9.17, 15) is 4.79 Å². The van der Waals surface area contributed by atoms with Crippen LogP contribution in [0, 0.1) is 0 Å². The van der Waals surface area contributed by atoms with Crippen LogP contribution in [0.1, 0.15) is 16.1 Å². The summed E-state index contributed by atoms with van der Waals surface area (Å²) in [7, 11) is 4.54. The van der Waals surface area contributed by atoms with Crippen LogP contribution in [0.2, 0.25) is 10.0 Å². The maximum absolute atomic E-state index is 12.5. The average Bonchev–Trinajstić information content (AvgIpc) is 2.86. The molecule has 0 saturated carbocycles. The highest BCUT2D eigenvalue weighted by atomic mass is 35.5. The molecule has 2 rings (SSSR count). The van der Waals surface area contributed by atoms with Crippen molar-refractivity contribution < 1.29 is 14.3 Å². The van der Waals surface area contributed by atoms with Crippen LogP contribution in [0.15, 0.2) is 18.3 Å². The lowest BCUT2D eigenvalue weighted by atomic mass is 10.1. The number of aromatic nitrogens is 2. The largest absolute Gasteiger partial charge is 0.492 e. The summed E-state index contributed by atoms with van der Waals surface area (Å²) in [4.78, 5) is 12.5. The molecule has 0 aliphatic rings. The molecule has 20 heavy (non-hydrogen) atoms. The average molecular weight is 315 g/mol. The van der Waals surface area contributed by atoms with E-state index in [0.29, 0.717) is 5.69 Å². The second-order valence-corrected chi connectivity index (χ2v) is 4.74. The first kappa shape index (κ1) is 14.7. The number of methoxy groups -OCH3 is 2. The molecule has 0 bridgehead atoms. The SMILES string of the molecule is COc1c(C(=O)c2ccnn2C)cc(Cl)c(Cl)c1OC. The Hall–Kier alpha value is -1.72. The molecule has 0 unspecified atom stereocenters. The Kier molecular flexibility index (Phi) is 4.20. The molecule has 0 radical (unpaired) electrons. The quantitative estimate of drug-likeness (QED) is 0.814. The van der Waals surface area contributed by atoms with Gasteiger partial charge in [-0.05, 0) is 12.1 Å². The van der Waals surface area contributed by atoms with E-state index in [-0.39, 0.29) is 32.9 Å². The van der Waals surface area contributed by atoms with Crippen LogP contribution in [-0.4, -0.2) is 29.8 Å². The topological polar surface area (TPSA) is 53.3 Å². The van der Waals surface area contributed by atoms with E-state index in [1.54, 1.807) is 13.1 Å². The van der Waals surface area contributed by atoms with Gasteiger partial charge in [0.1, 0.15) is 10.7 Å². The first-order valence-electron chi connectivity index (χ1n) is 5.64. The smallest absolute Gasteiger partial charge is 0.214 e. The van der Waals surface area contributed by atoms with Gasteiger partial charge in [0.2, 0.25) is 5.78 Å². The van der Waals surface area contributed by atoms with Gasteiger partial charge in [-0.3, -0.25) is 9.48 Å². The number of carbonyl (C=O) groups is 1. The molecular formula is C13H12Cl2N2O3. The summed E-state index contributed by atoms with van der Waals surface area (Å²) in [6.07, 6.45) is 1.54. The van der Waals surface area contributed by atoms with Gasteiger partial charge in [0.25, 0.3) is 0 Å². The van der Waals surface area contributed by atoms with Gasteiger partial charge in [-0.15, -0.1) is 0 Å². The monoisotopic (exact) mass is 314 g/mol. The maximum atomic E-state index is 12.5. The molecule has 0 atom stereocenters. The maximum Gasteiger partial charge on any atom is 0.214 e. The van der Waals surface area contributed by atoms with E-state index in [4.69, 9.17) is 32.7 Å². The van der Waals surface area contributed by atoms with Gasteiger partial charge >= 0.3 is 0 Å². The Balaban J connectivity index is 2.65. The number of aryl methyl sites for hydroxylation is 1. The summed E-state index contributed by atoms with van der Waals surface area (Å²) < 4.78 is 11.9. The fourth-order valence-electron chi connectivity index (χ4n) is 1.87. The van der Waals surface area contributed by atoms with Gasteiger partial charge in [-0.1, -0.05) is 23.2 Å². The second kappa shape index (κ2) is 5.73. The lowest BCUT2D eigenvalue weighted by molar-refractivity contribution is 0.102. The fraction of sp³-hybridized carbons (Fsp3) is 0.231. The lowest BCUT2D eigenvalue weighted by Crippen LogP contribution is -2.10. The highest BCUT2D eigenvalue weighted by molar-refractivity contribution is 6.43. The first-order chi connectivity index (χ1) is 9.51. The van der Waals surface area contributed by atoms with Crippen molar-refractivity contribution in [1.82, 2.24) is 9.78 Å². The zero-order valence-electron chi connectivity index (χ0n) is 11.1. The van der Waals surface area contributed by atoms with Gasteiger partial charge < -0.3 is 9.47 Å². The number of hydrogen-bond acceptors (Lipinski definition) is 4. The first-order valence-corrected chi connectivity index (χ1v) is 6.39. The van der Waals surface area contributed by atoms with Crippen molar-refractivity contribution in [2.75, 3.05) is 14.2 Å². The summed E-state index contributed by atoms with van der Waals surface area (Å²) in [5, 5.41) is 4.38. The molecule has 0 saturated heterocycles. The predicted octanol–water partition coefficient (Wildman–Crippen LogP) is 2.98. The Morgan fingerprint density at radius 3 is 2.40 bits per heavy atom. The fourth-order valence-corrected chi connectivity index (χ4v) is 2.29. The summed E-state index contributed by atoms with van der Waals surface area (Å²) in [6.45, 7) is 0. The van der Waals surface area contributed by atoms with Crippen molar-refractivity contribution in [3.8, 4) is 11.5 Å². The van der Waals surface area contributed by atoms with Crippen molar-refractivity contribution in [2.24, 2.45) is 7.05 Å². The standard InChI is InChI=1S/C13H12Cl2N2O3/c1-17-9(4-5-16-17)11(18)7-6-8(14)10(15)13(20-3)12(7)19-2/h4-6H,1-3H3. The van der Waals surface area contributed by atoms with E-state index in [1.165, 1.54) is 31.2 Å². The Bertz CT molecular complexity index is 668. The molecular weight excluding hydrogens is 303 g/mol. The minimum Gasteiger partial charge on any atom is -0.492 e. The Morgan fingerprint density at radius 1 is 1.25 bits per heavy atom. The molecule has 0 amide bonds. The molecule has 0 aliphatic carbocycles. The molecule has 106 valence electrons. The number of halogens is 2. The van der Waals surface area contributed by atoms with Crippen molar-refractivity contribution in [3.63, 3.8) is 0 Å². The van der Waals surface area contributed by atoms with Crippen LogP contribution < -0.4 is 9.47 Å². The van der Waals surface area contributed by atoms with Crippen molar-refractivity contribution >= 4 is 29.0 Å². The second-order valence-electron chi connectivity index (χ2n) is 3.96. The minimum atomic E-state index is -0.279. The van der Waals surface area contributed by atoms with Gasteiger partial charge in [-0.2, -0.15) is 5.10 Å². The predicted molar refractivity (Wildman–Crippen MR) is 76.2 cm³/mol. The zero-order chi connectivity index (χ0) is 14.9. The zero-order valence-corrected chi connectivity index (χ0v) is 12.6. The number of rotatable bonds is 4. The highest BCUT2D eigenvalue weighted by Crippen LogP contribution is 2.43. The molecule has 1 aromatic carbocycles. The van der Waals surface area contributed by atoms with Crippen LogP contribution in [-0.2, 0) is 7.05 Å². The molecule has 7 heteroatoms. The molecule has 2 aromatic rings. The van der Waals surface area contributed by atoms with Gasteiger partial charge in [0, 0.05) is 13.2 Å². The summed E-state index contributed by atoms with van der Waals surface area (Å²) >= 11 is 12.1. The van der Waals surface area contributed by atoms with Gasteiger partial charge in [0.05, 0.1) is 24.8 Å². The van der Waals surface area contributed by atoms with Crippen LogP contribution in [0.25, 0.3) is 0 Å². The molecule has 1 aromatic heterocycles. The Morgan fingerprint density at radius 2 is 1.90 bits per heavy atom. The molecule has 0 spiro atoms. The van der Waals surface area contributed by atoms with E-state index in [0.717, 1.165) is 0 Å². The van der Waals surface area contributed by atoms with E-state index in [2.05, 4.69) is 5.10 Å². The van der Waals surface area contributed by atoms with Crippen LogP contribution in [0.3, 0.4) is 0 Å². The third kappa shape index (κ3) is 2.34. The Labute approximate surface area is 126 Å². The van der Waals surface area contributed by atoms with Crippen molar-refractivity contribution in [3.05, 3.63) is 39.6 Å². The third-order valence-electron chi connectivity index (χ3n) is 2.84. The number of ether oxygens (including phenoxy) is 2. The number of hydrogen-bond donors (Lipinski definition) is 0. The van der Waals surface area contributed by atoms with Crippen molar-refractivity contribution in [2.45, 2.75) is 0 Å². The molecule has 1 heterocycles. The van der Waals surface area contributed by atoms with Crippen LogP contribution in [0.4, 0.5) is 0 Å². The number of benzene rings is 1. The van der Waals surface area contributed by atoms with Crippen LogP contribution >= 0.6 is 23.2 Å². The van der Waals surface area contributed by atoms with E-state index >= 15 is 0 Å². The normalized spacial score (nSPS) is 10.4. The third-order valence-corrected chi connectivity index (χ3v) is 3.61. The minimum absolute atomic E-state index is 0.201. The summed E-state index contributed by atoms with van der Waals surface area (Å²) in [6, 6.07) is 3.07. The molecule has 0 fully saturated rings.